The SMILES string of the molecule is c1ccc(-c2nsc(NCCCn3cccn3)n2)cc1. The number of nitrogens with one attached hydrogen (secondary N) is 1. The Morgan fingerprint density at radius 1 is 1.15 bits per heavy atom. The second-order valence-corrected chi connectivity index (χ2v) is 5.09. The van der Waals surface area contributed by atoms with Crippen LogP contribution >= 0.6 is 11.5 Å². The maximum absolute atomic E-state index is 4.49. The van der Waals surface area contributed by atoms with Gasteiger partial charge in [-0.2, -0.15) is 14.5 Å². The summed E-state index contributed by atoms with van der Waals surface area (Å²) in [5.41, 5.74) is 1.05. The summed E-state index contributed by atoms with van der Waals surface area (Å²) in [6.07, 6.45) is 4.77. The Hall–Kier alpha value is -2.21. The quantitative estimate of drug-likeness (QED) is 0.708. The van der Waals surface area contributed by atoms with Gasteiger partial charge in [-0.1, -0.05) is 30.3 Å². The lowest BCUT2D eigenvalue weighted by molar-refractivity contribution is 0.592. The van der Waals surface area contributed by atoms with Gasteiger partial charge >= 0.3 is 0 Å². The van der Waals surface area contributed by atoms with Crippen LogP contribution in [0.1, 0.15) is 6.42 Å². The Morgan fingerprint density at radius 2 is 2.05 bits per heavy atom. The van der Waals surface area contributed by atoms with Gasteiger partial charge in [0.1, 0.15) is 0 Å². The first-order valence-electron chi connectivity index (χ1n) is 6.52. The number of nitrogens with zero attached hydrogens (tertiary/aromatic N) is 4. The molecule has 1 N–H and O–H groups in total. The van der Waals surface area contributed by atoms with Gasteiger partial charge in [-0.15, -0.1) is 0 Å². The predicted molar refractivity (Wildman–Crippen MR) is 80.7 cm³/mol. The van der Waals surface area contributed by atoms with Gasteiger partial charge in [-0.25, -0.2) is 0 Å². The lowest BCUT2D eigenvalue weighted by Crippen LogP contribution is -2.06. The summed E-state index contributed by atoms with van der Waals surface area (Å²) in [6, 6.07) is 11.9. The van der Waals surface area contributed by atoms with E-state index < -0.39 is 0 Å². The summed E-state index contributed by atoms with van der Waals surface area (Å²) >= 11 is 1.40. The first-order valence-corrected chi connectivity index (χ1v) is 7.29. The van der Waals surface area contributed by atoms with Crippen molar-refractivity contribution in [1.82, 2.24) is 19.1 Å². The fourth-order valence-corrected chi connectivity index (χ4v) is 2.48. The standard InChI is InChI=1S/C14H15N5S/c1-2-6-12(7-3-1)13-17-14(20-18-13)15-8-4-10-19-11-5-9-16-19/h1-3,5-7,9,11H,4,8,10H2,(H,15,17,18). The second-order valence-electron chi connectivity index (χ2n) is 4.34. The molecule has 0 bridgehead atoms. The summed E-state index contributed by atoms with van der Waals surface area (Å²) in [5.74, 6) is 0.783. The van der Waals surface area contributed by atoms with Crippen molar-refractivity contribution in [3.63, 3.8) is 0 Å². The van der Waals surface area contributed by atoms with E-state index in [0.717, 1.165) is 36.0 Å². The van der Waals surface area contributed by atoms with Gasteiger partial charge < -0.3 is 5.32 Å². The third kappa shape index (κ3) is 3.21. The molecule has 0 fully saturated rings. The lowest BCUT2D eigenvalue weighted by atomic mass is 10.2. The first-order chi connectivity index (χ1) is 9.92. The molecule has 2 heterocycles. The highest BCUT2D eigenvalue weighted by Gasteiger charge is 2.05. The van der Waals surface area contributed by atoms with E-state index in [1.807, 2.05) is 47.3 Å². The topological polar surface area (TPSA) is 55.6 Å². The number of rotatable bonds is 6. The fourth-order valence-electron chi connectivity index (χ4n) is 1.87. The minimum atomic E-state index is 0.783. The van der Waals surface area contributed by atoms with Crippen LogP contribution in [0.4, 0.5) is 5.13 Å². The molecule has 0 aliphatic carbocycles. The first kappa shape index (κ1) is 12.8. The van der Waals surface area contributed by atoms with Crippen LogP contribution in [0.3, 0.4) is 0 Å². The minimum Gasteiger partial charge on any atom is -0.360 e. The van der Waals surface area contributed by atoms with Crippen LogP contribution in [0.5, 0.6) is 0 Å². The van der Waals surface area contributed by atoms with Crippen molar-refractivity contribution < 1.29 is 0 Å². The van der Waals surface area contributed by atoms with Gasteiger partial charge in [0.2, 0.25) is 5.13 Å². The Bertz CT molecular complexity index is 633. The molecule has 5 nitrogen and oxygen atoms in total. The van der Waals surface area contributed by atoms with Crippen LogP contribution in [0.25, 0.3) is 11.4 Å². The zero-order valence-corrected chi connectivity index (χ0v) is 11.8. The zero-order chi connectivity index (χ0) is 13.6. The smallest absolute Gasteiger partial charge is 0.202 e. The Balaban J connectivity index is 1.50. The molecule has 2 aromatic heterocycles. The van der Waals surface area contributed by atoms with Crippen molar-refractivity contribution in [2.24, 2.45) is 0 Å². The van der Waals surface area contributed by atoms with Crippen molar-refractivity contribution in [3.8, 4) is 11.4 Å². The van der Waals surface area contributed by atoms with E-state index in [2.05, 4.69) is 19.8 Å². The Morgan fingerprint density at radius 3 is 2.85 bits per heavy atom. The molecule has 0 aliphatic rings. The molecular weight excluding hydrogens is 270 g/mol. The molecular formula is C14H15N5S. The maximum atomic E-state index is 4.49. The summed E-state index contributed by atoms with van der Waals surface area (Å²) in [5, 5.41) is 8.33. The fraction of sp³-hybridized carbons (Fsp3) is 0.214. The van der Waals surface area contributed by atoms with Gasteiger partial charge in [-0.3, -0.25) is 4.68 Å². The molecule has 3 rings (SSSR count). The van der Waals surface area contributed by atoms with Crippen molar-refractivity contribution in [3.05, 3.63) is 48.8 Å². The Kier molecular flexibility index (Phi) is 4.03. The molecule has 0 radical (unpaired) electrons. The average Bonchev–Trinajstić information content (AvgIpc) is 3.16. The van der Waals surface area contributed by atoms with Gasteiger partial charge in [-0.05, 0) is 12.5 Å². The summed E-state index contributed by atoms with van der Waals surface area (Å²) in [4.78, 5) is 4.49. The molecule has 0 saturated heterocycles. The largest absolute Gasteiger partial charge is 0.360 e. The zero-order valence-electron chi connectivity index (χ0n) is 10.9. The van der Waals surface area contributed by atoms with Crippen LogP contribution in [0.2, 0.25) is 0 Å². The molecule has 6 heteroatoms. The van der Waals surface area contributed by atoms with Crippen LogP contribution in [0, 0.1) is 0 Å². The van der Waals surface area contributed by atoms with Crippen molar-refractivity contribution in [2.75, 3.05) is 11.9 Å². The number of benzene rings is 1. The number of hydrogen-bond donors (Lipinski definition) is 1. The van der Waals surface area contributed by atoms with E-state index >= 15 is 0 Å². The van der Waals surface area contributed by atoms with Crippen molar-refractivity contribution >= 4 is 16.7 Å². The molecule has 3 aromatic rings. The normalized spacial score (nSPS) is 10.6. The van der Waals surface area contributed by atoms with Crippen LogP contribution in [-0.4, -0.2) is 25.7 Å². The molecule has 102 valence electrons. The van der Waals surface area contributed by atoms with E-state index in [4.69, 9.17) is 0 Å². The second kappa shape index (κ2) is 6.29. The molecule has 0 spiro atoms. The van der Waals surface area contributed by atoms with Crippen LogP contribution in [0.15, 0.2) is 48.8 Å². The average molecular weight is 285 g/mol. The monoisotopic (exact) mass is 285 g/mol. The number of anilines is 1. The molecule has 20 heavy (non-hydrogen) atoms. The van der Waals surface area contributed by atoms with E-state index in [1.54, 1.807) is 6.20 Å². The van der Waals surface area contributed by atoms with E-state index in [1.165, 1.54) is 11.5 Å². The maximum Gasteiger partial charge on any atom is 0.202 e. The summed E-state index contributed by atoms with van der Waals surface area (Å²) in [7, 11) is 0. The molecule has 0 unspecified atom stereocenters. The highest BCUT2D eigenvalue weighted by Crippen LogP contribution is 2.20. The van der Waals surface area contributed by atoms with Crippen molar-refractivity contribution in [2.45, 2.75) is 13.0 Å². The van der Waals surface area contributed by atoms with Crippen molar-refractivity contribution in [1.29, 1.82) is 0 Å². The van der Waals surface area contributed by atoms with E-state index in [-0.39, 0.29) is 0 Å². The molecule has 0 atom stereocenters. The van der Waals surface area contributed by atoms with Crippen LogP contribution < -0.4 is 5.32 Å². The predicted octanol–water partition coefficient (Wildman–Crippen LogP) is 2.90. The number of aromatic nitrogens is 4. The molecule has 0 saturated carbocycles. The van der Waals surface area contributed by atoms with E-state index in [9.17, 15) is 0 Å². The highest BCUT2D eigenvalue weighted by atomic mass is 32.1. The highest BCUT2D eigenvalue weighted by molar-refractivity contribution is 7.09. The molecule has 0 aliphatic heterocycles. The molecule has 0 amide bonds. The number of hydrogen-bond acceptors (Lipinski definition) is 5. The third-order valence-corrected chi connectivity index (χ3v) is 3.53. The number of aryl methyl sites for hydroxylation is 1. The van der Waals surface area contributed by atoms with Gasteiger partial charge in [0.25, 0.3) is 0 Å². The summed E-state index contributed by atoms with van der Waals surface area (Å²) in [6.45, 7) is 1.77. The molecule has 1 aromatic carbocycles. The summed E-state index contributed by atoms with van der Waals surface area (Å²) < 4.78 is 6.29. The minimum absolute atomic E-state index is 0.783. The van der Waals surface area contributed by atoms with Crippen LogP contribution in [-0.2, 0) is 6.54 Å². The van der Waals surface area contributed by atoms with Gasteiger partial charge in [0.05, 0.1) is 0 Å². The van der Waals surface area contributed by atoms with Gasteiger partial charge in [0, 0.05) is 42.6 Å². The van der Waals surface area contributed by atoms with E-state index in [0.29, 0.717) is 0 Å². The lowest BCUT2D eigenvalue weighted by Gasteiger charge is -2.02. The Labute approximate surface area is 121 Å². The third-order valence-electron chi connectivity index (χ3n) is 2.86. The van der Waals surface area contributed by atoms with Gasteiger partial charge in [0.15, 0.2) is 5.82 Å².